The van der Waals surface area contributed by atoms with Crippen molar-refractivity contribution < 1.29 is 27.8 Å². The van der Waals surface area contributed by atoms with E-state index in [1.807, 2.05) is 31.2 Å². The summed E-state index contributed by atoms with van der Waals surface area (Å²) in [7, 11) is 1.67. The highest BCUT2D eigenvalue weighted by molar-refractivity contribution is 5.90. The van der Waals surface area contributed by atoms with E-state index in [0.717, 1.165) is 23.7 Å². The molecule has 0 radical (unpaired) electrons. The van der Waals surface area contributed by atoms with E-state index in [0.29, 0.717) is 18.8 Å². The number of nitrogens with zero attached hydrogens (tertiary/aromatic N) is 4. The largest absolute Gasteiger partial charge is 0.492 e. The maximum Gasteiger partial charge on any atom is 0.244 e. The maximum absolute atomic E-state index is 13.5. The van der Waals surface area contributed by atoms with Crippen molar-refractivity contribution in [2.75, 3.05) is 32.1 Å². The fourth-order valence-electron chi connectivity index (χ4n) is 2.84. The molecule has 3 aromatic rings. The standard InChI is InChI=1S/C23H25F2N5O4/c1-16-3-5-18(6-4-16)33-10-8-29(2)22(32)15-30-14-17(11-27-30)28-21(31)7-9-34-23-19(24)12-26-13-20(23)25/h3-6,11-14H,7-10,15H2,1-2H3,(H,28,31). The summed E-state index contributed by atoms with van der Waals surface area (Å²) in [5, 5.41) is 6.65. The van der Waals surface area contributed by atoms with Crippen molar-refractivity contribution in [2.45, 2.75) is 19.9 Å². The Hall–Kier alpha value is -4.02. The fourth-order valence-corrected chi connectivity index (χ4v) is 2.84. The molecule has 11 heteroatoms. The van der Waals surface area contributed by atoms with Gasteiger partial charge in [0.1, 0.15) is 18.9 Å². The van der Waals surface area contributed by atoms with E-state index in [4.69, 9.17) is 9.47 Å². The summed E-state index contributed by atoms with van der Waals surface area (Å²) in [6.07, 6.45) is 4.41. The molecular weight excluding hydrogens is 448 g/mol. The molecule has 0 saturated heterocycles. The van der Waals surface area contributed by atoms with Crippen molar-refractivity contribution >= 4 is 17.5 Å². The normalized spacial score (nSPS) is 10.6. The van der Waals surface area contributed by atoms with Crippen LogP contribution in [0.25, 0.3) is 0 Å². The molecule has 9 nitrogen and oxygen atoms in total. The third-order valence-corrected chi connectivity index (χ3v) is 4.74. The van der Waals surface area contributed by atoms with Crippen LogP contribution >= 0.6 is 0 Å². The Morgan fingerprint density at radius 3 is 2.47 bits per heavy atom. The lowest BCUT2D eigenvalue weighted by Crippen LogP contribution is -2.33. The minimum absolute atomic E-state index is 0.0133. The highest BCUT2D eigenvalue weighted by Gasteiger charge is 2.13. The first-order valence-electron chi connectivity index (χ1n) is 10.5. The van der Waals surface area contributed by atoms with Gasteiger partial charge in [-0.05, 0) is 19.1 Å². The Kier molecular flexibility index (Phi) is 8.49. The van der Waals surface area contributed by atoms with Crippen LogP contribution in [0.5, 0.6) is 11.5 Å². The summed E-state index contributed by atoms with van der Waals surface area (Å²) in [4.78, 5) is 29.3. The second kappa shape index (κ2) is 11.7. The molecule has 2 amide bonds. The summed E-state index contributed by atoms with van der Waals surface area (Å²) in [5.41, 5.74) is 1.52. The molecule has 0 aliphatic heterocycles. The predicted molar refractivity (Wildman–Crippen MR) is 119 cm³/mol. The van der Waals surface area contributed by atoms with Crippen LogP contribution in [0.4, 0.5) is 14.5 Å². The number of pyridine rings is 1. The number of ether oxygens (including phenoxy) is 2. The second-order valence-electron chi connectivity index (χ2n) is 7.48. The molecule has 2 heterocycles. The van der Waals surface area contributed by atoms with Crippen molar-refractivity contribution in [3.05, 3.63) is 66.3 Å². The lowest BCUT2D eigenvalue weighted by atomic mass is 10.2. The number of aromatic nitrogens is 3. The number of nitrogens with one attached hydrogen (secondary N) is 1. The average Bonchev–Trinajstić information content (AvgIpc) is 3.23. The summed E-state index contributed by atoms with van der Waals surface area (Å²) in [6, 6.07) is 7.65. The van der Waals surface area contributed by atoms with Crippen molar-refractivity contribution in [3.63, 3.8) is 0 Å². The lowest BCUT2D eigenvalue weighted by Gasteiger charge is -2.17. The van der Waals surface area contributed by atoms with E-state index in [2.05, 4.69) is 15.4 Å². The van der Waals surface area contributed by atoms with Crippen LogP contribution in [-0.2, 0) is 16.1 Å². The fraction of sp³-hybridized carbons (Fsp3) is 0.304. The molecule has 0 bridgehead atoms. The van der Waals surface area contributed by atoms with Crippen LogP contribution in [0.2, 0.25) is 0 Å². The lowest BCUT2D eigenvalue weighted by molar-refractivity contribution is -0.131. The van der Waals surface area contributed by atoms with Crippen LogP contribution in [-0.4, -0.2) is 58.3 Å². The topological polar surface area (TPSA) is 98.6 Å². The number of halogens is 2. The third-order valence-electron chi connectivity index (χ3n) is 4.74. The van der Waals surface area contributed by atoms with Crippen LogP contribution in [0.1, 0.15) is 12.0 Å². The molecule has 0 spiro atoms. The first kappa shape index (κ1) is 24.6. The Bertz CT molecular complexity index is 1100. The zero-order valence-corrected chi connectivity index (χ0v) is 18.8. The number of aryl methyl sites for hydroxylation is 1. The van der Waals surface area contributed by atoms with Crippen LogP contribution in [0.3, 0.4) is 0 Å². The number of amides is 2. The van der Waals surface area contributed by atoms with Crippen molar-refractivity contribution in [1.29, 1.82) is 0 Å². The van der Waals surface area contributed by atoms with Gasteiger partial charge in [0.2, 0.25) is 11.8 Å². The van der Waals surface area contributed by atoms with Gasteiger partial charge in [0.15, 0.2) is 17.4 Å². The highest BCUT2D eigenvalue weighted by atomic mass is 19.1. The van der Waals surface area contributed by atoms with Crippen molar-refractivity contribution in [1.82, 2.24) is 19.7 Å². The molecule has 0 atom stereocenters. The van der Waals surface area contributed by atoms with Gasteiger partial charge < -0.3 is 19.7 Å². The monoisotopic (exact) mass is 473 g/mol. The molecule has 1 N–H and O–H groups in total. The molecule has 0 aliphatic rings. The Morgan fingerprint density at radius 2 is 1.76 bits per heavy atom. The number of hydrogen-bond acceptors (Lipinski definition) is 6. The van der Waals surface area contributed by atoms with Gasteiger partial charge in [-0.15, -0.1) is 0 Å². The van der Waals surface area contributed by atoms with Gasteiger partial charge in [-0.3, -0.25) is 19.3 Å². The molecule has 1 aromatic carbocycles. The minimum atomic E-state index is -0.946. The number of benzene rings is 1. The number of anilines is 1. The Morgan fingerprint density at radius 1 is 1.06 bits per heavy atom. The Labute approximate surface area is 195 Å². The smallest absolute Gasteiger partial charge is 0.244 e. The van der Waals surface area contributed by atoms with Crippen molar-refractivity contribution in [3.8, 4) is 11.5 Å². The van der Waals surface area contributed by atoms with Gasteiger partial charge in [0, 0.05) is 13.2 Å². The van der Waals surface area contributed by atoms with E-state index in [-0.39, 0.29) is 25.5 Å². The molecule has 180 valence electrons. The quantitative estimate of drug-likeness (QED) is 0.460. The average molecular weight is 473 g/mol. The molecule has 34 heavy (non-hydrogen) atoms. The van der Waals surface area contributed by atoms with E-state index >= 15 is 0 Å². The maximum atomic E-state index is 13.5. The summed E-state index contributed by atoms with van der Waals surface area (Å²) < 4.78 is 39.0. The molecule has 0 fully saturated rings. The van der Waals surface area contributed by atoms with Gasteiger partial charge in [0.05, 0.1) is 43.9 Å². The molecular formula is C23H25F2N5O4. The highest BCUT2D eigenvalue weighted by Crippen LogP contribution is 2.19. The molecule has 0 aliphatic carbocycles. The van der Waals surface area contributed by atoms with Gasteiger partial charge in [-0.1, -0.05) is 17.7 Å². The SMILES string of the molecule is Cc1ccc(OCCN(C)C(=O)Cn2cc(NC(=O)CCOc3c(F)cncc3F)cn2)cc1. The summed E-state index contributed by atoms with van der Waals surface area (Å²) in [5.74, 6) is -2.35. The van der Waals surface area contributed by atoms with Gasteiger partial charge in [-0.25, -0.2) is 8.78 Å². The molecule has 0 unspecified atom stereocenters. The van der Waals surface area contributed by atoms with E-state index in [9.17, 15) is 18.4 Å². The Balaban J connectivity index is 1.38. The molecule has 3 rings (SSSR count). The van der Waals surface area contributed by atoms with Gasteiger partial charge in [-0.2, -0.15) is 5.10 Å². The third kappa shape index (κ3) is 7.26. The van der Waals surface area contributed by atoms with E-state index in [1.165, 1.54) is 22.0 Å². The zero-order chi connectivity index (χ0) is 24.5. The van der Waals surface area contributed by atoms with Crippen LogP contribution in [0.15, 0.2) is 49.1 Å². The first-order chi connectivity index (χ1) is 16.3. The van der Waals surface area contributed by atoms with Crippen molar-refractivity contribution in [2.24, 2.45) is 0 Å². The summed E-state index contributed by atoms with van der Waals surface area (Å²) in [6.45, 7) is 2.50. The molecule has 2 aromatic heterocycles. The first-order valence-corrected chi connectivity index (χ1v) is 10.5. The van der Waals surface area contributed by atoms with E-state index < -0.39 is 23.3 Å². The number of likely N-dealkylation sites (N-methyl/N-ethyl adjacent to an activating group) is 1. The van der Waals surface area contributed by atoms with Gasteiger partial charge in [0.25, 0.3) is 0 Å². The van der Waals surface area contributed by atoms with Crippen LogP contribution in [0, 0.1) is 18.6 Å². The van der Waals surface area contributed by atoms with E-state index in [1.54, 1.807) is 7.05 Å². The summed E-state index contributed by atoms with van der Waals surface area (Å²) >= 11 is 0. The second-order valence-corrected chi connectivity index (χ2v) is 7.48. The number of rotatable bonds is 11. The molecule has 0 saturated carbocycles. The predicted octanol–water partition coefficient (Wildman–Crippen LogP) is 2.81. The van der Waals surface area contributed by atoms with Crippen LogP contribution < -0.4 is 14.8 Å². The zero-order valence-electron chi connectivity index (χ0n) is 18.8. The number of carbonyl (C=O) groups is 2. The number of hydrogen-bond donors (Lipinski definition) is 1. The minimum Gasteiger partial charge on any atom is -0.492 e. The number of carbonyl (C=O) groups excluding carboxylic acids is 2. The van der Waals surface area contributed by atoms with Gasteiger partial charge >= 0.3 is 0 Å².